The number of carbonyl (C=O) groups excluding carboxylic acids is 2. The molecule has 3 aromatic rings. The number of nitrogens with one attached hydrogen (secondary N) is 1. The number of thiophene rings is 1. The second-order valence-electron chi connectivity index (χ2n) is 6.21. The second-order valence-corrected chi connectivity index (χ2v) is 8.37. The number of rotatable bonds is 9. The fourth-order valence-electron chi connectivity index (χ4n) is 2.98. The Labute approximate surface area is 182 Å². The number of aryl methyl sites for hydroxylation is 1. The standard InChI is InChI=1S/C20H22N4O4S2/c1-5-9-24-17(14-8-7-10-28-14)22-23-20(24)29-11-15(25)21-18-16(19(26)27-4)13(6-2)12(3)30-18/h5,7-8,10H,1,6,9,11H2,2-4H3,(H,21,25). The van der Waals surface area contributed by atoms with Gasteiger partial charge < -0.3 is 14.5 Å². The van der Waals surface area contributed by atoms with Gasteiger partial charge in [0.15, 0.2) is 10.9 Å². The van der Waals surface area contributed by atoms with Gasteiger partial charge in [-0.3, -0.25) is 9.36 Å². The molecular weight excluding hydrogens is 424 g/mol. The van der Waals surface area contributed by atoms with Crippen LogP contribution in [0.15, 0.2) is 40.6 Å². The predicted molar refractivity (Wildman–Crippen MR) is 117 cm³/mol. The molecule has 0 aliphatic heterocycles. The highest BCUT2D eigenvalue weighted by Gasteiger charge is 2.23. The number of allylic oxidation sites excluding steroid dienone is 1. The van der Waals surface area contributed by atoms with Gasteiger partial charge in [0.2, 0.25) is 11.7 Å². The first-order chi connectivity index (χ1) is 14.5. The number of hydrogen-bond donors (Lipinski definition) is 1. The fourth-order valence-corrected chi connectivity index (χ4v) is 4.88. The van der Waals surface area contributed by atoms with Gasteiger partial charge in [-0.05, 0) is 31.0 Å². The smallest absolute Gasteiger partial charge is 0.341 e. The molecule has 0 atom stereocenters. The first-order valence-corrected chi connectivity index (χ1v) is 11.0. The van der Waals surface area contributed by atoms with Crippen molar-refractivity contribution in [2.75, 3.05) is 18.2 Å². The van der Waals surface area contributed by atoms with Crippen LogP contribution in [0, 0.1) is 6.92 Å². The lowest BCUT2D eigenvalue weighted by Gasteiger charge is -2.08. The molecule has 0 saturated heterocycles. The fraction of sp³-hybridized carbons (Fsp3) is 0.300. The Morgan fingerprint density at radius 2 is 2.23 bits per heavy atom. The predicted octanol–water partition coefficient (Wildman–Crippen LogP) is 4.17. The van der Waals surface area contributed by atoms with Crippen LogP contribution in [-0.4, -0.2) is 39.5 Å². The van der Waals surface area contributed by atoms with Crippen molar-refractivity contribution in [3.05, 3.63) is 47.1 Å². The van der Waals surface area contributed by atoms with Gasteiger partial charge in [0, 0.05) is 11.4 Å². The lowest BCUT2D eigenvalue weighted by atomic mass is 10.1. The van der Waals surface area contributed by atoms with Crippen LogP contribution in [0.5, 0.6) is 0 Å². The summed E-state index contributed by atoms with van der Waals surface area (Å²) in [5, 5.41) is 12.3. The molecule has 0 saturated carbocycles. The third-order valence-corrected chi connectivity index (χ3v) is 6.34. The van der Waals surface area contributed by atoms with Gasteiger partial charge in [-0.2, -0.15) is 0 Å². The number of anilines is 1. The molecule has 0 unspecified atom stereocenters. The second kappa shape index (κ2) is 9.77. The van der Waals surface area contributed by atoms with Crippen LogP contribution in [0.2, 0.25) is 0 Å². The molecule has 0 aliphatic rings. The molecule has 0 spiro atoms. The summed E-state index contributed by atoms with van der Waals surface area (Å²) in [5.74, 6) is 0.559. The summed E-state index contributed by atoms with van der Waals surface area (Å²) in [5.41, 5.74) is 1.32. The van der Waals surface area contributed by atoms with Crippen molar-refractivity contribution in [1.29, 1.82) is 0 Å². The number of carbonyl (C=O) groups is 2. The molecule has 3 rings (SSSR count). The number of thioether (sulfide) groups is 1. The van der Waals surface area contributed by atoms with Crippen molar-refractivity contribution in [3.8, 4) is 11.6 Å². The summed E-state index contributed by atoms with van der Waals surface area (Å²) in [6, 6.07) is 3.57. The van der Waals surface area contributed by atoms with Crippen molar-refractivity contribution >= 4 is 40.0 Å². The van der Waals surface area contributed by atoms with E-state index >= 15 is 0 Å². The molecule has 0 aliphatic carbocycles. The number of aromatic nitrogens is 3. The number of hydrogen-bond acceptors (Lipinski definition) is 8. The van der Waals surface area contributed by atoms with Crippen molar-refractivity contribution in [3.63, 3.8) is 0 Å². The molecule has 0 bridgehead atoms. The third kappa shape index (κ3) is 4.49. The van der Waals surface area contributed by atoms with Gasteiger partial charge in [0.05, 0.1) is 24.7 Å². The quantitative estimate of drug-likeness (QED) is 0.299. The zero-order valence-electron chi connectivity index (χ0n) is 16.9. The van der Waals surface area contributed by atoms with E-state index in [1.54, 1.807) is 24.5 Å². The number of esters is 1. The largest absolute Gasteiger partial charge is 0.465 e. The number of ether oxygens (including phenoxy) is 1. The summed E-state index contributed by atoms with van der Waals surface area (Å²) >= 11 is 2.62. The molecule has 0 aromatic carbocycles. The zero-order chi connectivity index (χ0) is 21.7. The van der Waals surface area contributed by atoms with Crippen LogP contribution < -0.4 is 5.32 Å². The van der Waals surface area contributed by atoms with E-state index in [0.717, 1.165) is 10.4 Å². The first kappa shape index (κ1) is 21.8. The Bertz CT molecular complexity index is 1050. The van der Waals surface area contributed by atoms with E-state index in [-0.39, 0.29) is 11.7 Å². The highest BCUT2D eigenvalue weighted by molar-refractivity contribution is 7.99. The van der Waals surface area contributed by atoms with Crippen LogP contribution >= 0.6 is 23.1 Å². The average Bonchev–Trinajstić information content (AvgIpc) is 3.45. The summed E-state index contributed by atoms with van der Waals surface area (Å²) < 4.78 is 12.1. The van der Waals surface area contributed by atoms with Crippen molar-refractivity contribution in [1.82, 2.24) is 14.8 Å². The molecule has 158 valence electrons. The van der Waals surface area contributed by atoms with E-state index < -0.39 is 5.97 Å². The van der Waals surface area contributed by atoms with E-state index in [0.29, 0.717) is 40.3 Å². The van der Waals surface area contributed by atoms with Gasteiger partial charge >= 0.3 is 5.97 Å². The lowest BCUT2D eigenvalue weighted by molar-refractivity contribution is -0.113. The van der Waals surface area contributed by atoms with E-state index in [1.807, 2.05) is 18.4 Å². The summed E-state index contributed by atoms with van der Waals surface area (Å²) in [4.78, 5) is 25.8. The normalized spacial score (nSPS) is 10.8. The SMILES string of the molecule is C=CCn1c(SCC(=O)Nc2sc(C)c(CC)c2C(=O)OC)nnc1-c1ccco1. The van der Waals surface area contributed by atoms with Crippen molar-refractivity contribution in [2.45, 2.75) is 32.0 Å². The molecule has 1 N–H and O–H groups in total. The Morgan fingerprint density at radius 1 is 1.43 bits per heavy atom. The molecule has 3 aromatic heterocycles. The van der Waals surface area contributed by atoms with Crippen LogP contribution in [0.3, 0.4) is 0 Å². The number of furan rings is 1. The van der Waals surface area contributed by atoms with Gasteiger partial charge in [-0.1, -0.05) is 24.8 Å². The maximum atomic E-state index is 12.6. The molecule has 3 heterocycles. The first-order valence-electron chi connectivity index (χ1n) is 9.21. The Hall–Kier alpha value is -2.85. The summed E-state index contributed by atoms with van der Waals surface area (Å²) in [7, 11) is 1.33. The van der Waals surface area contributed by atoms with E-state index in [1.165, 1.54) is 30.2 Å². The average molecular weight is 447 g/mol. The van der Waals surface area contributed by atoms with Gasteiger partial charge in [0.25, 0.3) is 0 Å². The van der Waals surface area contributed by atoms with E-state index in [2.05, 4.69) is 22.1 Å². The Kier molecular flexibility index (Phi) is 7.11. The van der Waals surface area contributed by atoms with Crippen LogP contribution in [0.4, 0.5) is 5.00 Å². The zero-order valence-corrected chi connectivity index (χ0v) is 18.6. The van der Waals surface area contributed by atoms with Crippen LogP contribution in [0.1, 0.15) is 27.7 Å². The molecule has 0 radical (unpaired) electrons. The topological polar surface area (TPSA) is 99.2 Å². The number of nitrogens with zero attached hydrogens (tertiary/aromatic N) is 3. The van der Waals surface area contributed by atoms with Gasteiger partial charge in [-0.25, -0.2) is 4.79 Å². The highest BCUT2D eigenvalue weighted by atomic mass is 32.2. The highest BCUT2D eigenvalue weighted by Crippen LogP contribution is 2.34. The minimum absolute atomic E-state index is 0.104. The van der Waals surface area contributed by atoms with Gasteiger partial charge in [0.1, 0.15) is 5.00 Å². The van der Waals surface area contributed by atoms with Crippen LogP contribution in [0.25, 0.3) is 11.6 Å². The van der Waals surface area contributed by atoms with E-state index in [9.17, 15) is 9.59 Å². The van der Waals surface area contributed by atoms with Gasteiger partial charge in [-0.15, -0.1) is 28.1 Å². The maximum Gasteiger partial charge on any atom is 0.341 e. The number of methoxy groups -OCH3 is 1. The molecule has 1 amide bonds. The monoisotopic (exact) mass is 446 g/mol. The number of amides is 1. The Balaban J connectivity index is 1.74. The minimum Gasteiger partial charge on any atom is -0.465 e. The molecule has 10 heteroatoms. The molecular formula is C20H22N4O4S2. The lowest BCUT2D eigenvalue weighted by Crippen LogP contribution is -2.16. The molecule has 0 fully saturated rings. The molecule has 8 nitrogen and oxygen atoms in total. The van der Waals surface area contributed by atoms with Crippen LogP contribution in [-0.2, 0) is 22.5 Å². The third-order valence-electron chi connectivity index (χ3n) is 4.31. The van der Waals surface area contributed by atoms with Crippen molar-refractivity contribution < 1.29 is 18.7 Å². The maximum absolute atomic E-state index is 12.6. The summed E-state index contributed by atoms with van der Waals surface area (Å²) in [6.45, 7) is 8.13. The minimum atomic E-state index is -0.451. The molecule has 30 heavy (non-hydrogen) atoms. The summed E-state index contributed by atoms with van der Waals surface area (Å²) in [6.07, 6.45) is 3.97. The van der Waals surface area contributed by atoms with Crippen molar-refractivity contribution in [2.24, 2.45) is 0 Å². The Morgan fingerprint density at radius 3 is 2.87 bits per heavy atom. The van der Waals surface area contributed by atoms with E-state index in [4.69, 9.17) is 9.15 Å².